The van der Waals surface area contributed by atoms with Crippen LogP contribution >= 0.6 is 0 Å². The zero-order valence-electron chi connectivity index (χ0n) is 10.3. The normalized spacial score (nSPS) is 19.8. The Morgan fingerprint density at radius 1 is 1.53 bits per heavy atom. The number of hydrogen-bond acceptors (Lipinski definition) is 4. The summed E-state index contributed by atoms with van der Waals surface area (Å²) < 4.78 is 0. The Morgan fingerprint density at radius 2 is 2.35 bits per heavy atom. The maximum absolute atomic E-state index is 11.7. The van der Waals surface area contributed by atoms with Crippen molar-refractivity contribution in [2.45, 2.75) is 32.2 Å². The molecule has 92 valence electrons. The molecule has 5 nitrogen and oxygen atoms in total. The molecule has 17 heavy (non-hydrogen) atoms. The fourth-order valence-electron chi connectivity index (χ4n) is 2.00. The summed E-state index contributed by atoms with van der Waals surface area (Å²) in [6, 6.07) is 1.79. The SMILES string of the molecule is CCCc1cc(NC2CCN(C)C2=O)ncn1. The van der Waals surface area contributed by atoms with Crippen LogP contribution < -0.4 is 5.32 Å². The predicted octanol–water partition coefficient (Wildman–Crippen LogP) is 1.07. The van der Waals surface area contributed by atoms with E-state index in [-0.39, 0.29) is 11.9 Å². The van der Waals surface area contributed by atoms with Crippen molar-refractivity contribution in [3.63, 3.8) is 0 Å². The fourth-order valence-corrected chi connectivity index (χ4v) is 2.00. The summed E-state index contributed by atoms with van der Waals surface area (Å²) in [5.41, 5.74) is 1.02. The van der Waals surface area contributed by atoms with Gasteiger partial charge in [0.15, 0.2) is 0 Å². The predicted molar refractivity (Wildman–Crippen MR) is 65.7 cm³/mol. The standard InChI is InChI=1S/C12H18N4O/c1-3-4-9-7-11(14-8-13-9)15-10-5-6-16(2)12(10)17/h7-8,10H,3-6H2,1-2H3,(H,13,14,15). The van der Waals surface area contributed by atoms with E-state index in [0.29, 0.717) is 0 Å². The first-order valence-corrected chi connectivity index (χ1v) is 6.03. The van der Waals surface area contributed by atoms with E-state index < -0.39 is 0 Å². The lowest BCUT2D eigenvalue weighted by Gasteiger charge is -2.12. The number of aryl methyl sites for hydroxylation is 1. The van der Waals surface area contributed by atoms with Gasteiger partial charge in [-0.05, 0) is 12.8 Å². The van der Waals surface area contributed by atoms with E-state index in [1.165, 1.54) is 0 Å². The highest BCUT2D eigenvalue weighted by molar-refractivity contribution is 5.86. The lowest BCUT2D eigenvalue weighted by Crippen LogP contribution is -2.31. The first-order chi connectivity index (χ1) is 8.20. The summed E-state index contributed by atoms with van der Waals surface area (Å²) in [5, 5.41) is 3.18. The van der Waals surface area contributed by atoms with Gasteiger partial charge in [-0.3, -0.25) is 4.79 Å². The molecule has 0 saturated carbocycles. The third-order valence-corrected chi connectivity index (χ3v) is 2.98. The second kappa shape index (κ2) is 5.12. The van der Waals surface area contributed by atoms with Crippen LogP contribution in [-0.2, 0) is 11.2 Å². The third-order valence-electron chi connectivity index (χ3n) is 2.98. The van der Waals surface area contributed by atoms with Gasteiger partial charge in [0, 0.05) is 25.4 Å². The van der Waals surface area contributed by atoms with Crippen molar-refractivity contribution >= 4 is 11.7 Å². The first kappa shape index (κ1) is 11.8. The van der Waals surface area contributed by atoms with Crippen molar-refractivity contribution in [3.8, 4) is 0 Å². The van der Waals surface area contributed by atoms with E-state index in [2.05, 4.69) is 22.2 Å². The number of aromatic nitrogens is 2. The topological polar surface area (TPSA) is 58.1 Å². The van der Waals surface area contributed by atoms with Crippen LogP contribution in [-0.4, -0.2) is 40.4 Å². The Bertz CT molecular complexity index is 407. The highest BCUT2D eigenvalue weighted by Gasteiger charge is 2.28. The Labute approximate surface area is 101 Å². The third kappa shape index (κ3) is 2.72. The van der Waals surface area contributed by atoms with E-state index >= 15 is 0 Å². The summed E-state index contributed by atoms with van der Waals surface area (Å²) in [4.78, 5) is 21.8. The van der Waals surface area contributed by atoms with Gasteiger partial charge in [0.05, 0.1) is 0 Å². The van der Waals surface area contributed by atoms with Gasteiger partial charge >= 0.3 is 0 Å². The second-order valence-corrected chi connectivity index (χ2v) is 4.39. The molecule has 5 heteroatoms. The number of amides is 1. The molecule has 1 unspecified atom stereocenters. The van der Waals surface area contributed by atoms with Gasteiger partial charge in [-0.15, -0.1) is 0 Å². The number of hydrogen-bond donors (Lipinski definition) is 1. The molecule has 1 amide bonds. The van der Waals surface area contributed by atoms with Crippen molar-refractivity contribution in [3.05, 3.63) is 18.1 Å². The molecule has 1 fully saturated rings. The van der Waals surface area contributed by atoms with E-state index in [0.717, 1.165) is 37.3 Å². The van der Waals surface area contributed by atoms with Crippen LogP contribution in [0.15, 0.2) is 12.4 Å². The first-order valence-electron chi connectivity index (χ1n) is 6.03. The summed E-state index contributed by atoms with van der Waals surface area (Å²) in [5.74, 6) is 0.887. The molecule has 1 aromatic heterocycles. The average molecular weight is 234 g/mol. The van der Waals surface area contributed by atoms with E-state index in [1.54, 1.807) is 11.2 Å². The Morgan fingerprint density at radius 3 is 3.00 bits per heavy atom. The molecule has 1 aromatic rings. The van der Waals surface area contributed by atoms with Crippen LogP contribution in [0.5, 0.6) is 0 Å². The Balaban J connectivity index is 2.03. The van der Waals surface area contributed by atoms with E-state index in [9.17, 15) is 4.79 Å². The monoisotopic (exact) mass is 234 g/mol. The van der Waals surface area contributed by atoms with Gasteiger partial charge in [0.25, 0.3) is 0 Å². The second-order valence-electron chi connectivity index (χ2n) is 4.39. The Hall–Kier alpha value is -1.65. The molecule has 1 aliphatic rings. The number of likely N-dealkylation sites (tertiary alicyclic amines) is 1. The highest BCUT2D eigenvalue weighted by atomic mass is 16.2. The van der Waals surface area contributed by atoms with Crippen molar-refractivity contribution in [1.29, 1.82) is 0 Å². The summed E-state index contributed by atoms with van der Waals surface area (Å²) in [6.45, 7) is 2.92. The number of likely N-dealkylation sites (N-methyl/N-ethyl adjacent to an activating group) is 1. The number of nitrogens with one attached hydrogen (secondary N) is 1. The van der Waals surface area contributed by atoms with Crippen molar-refractivity contribution in [2.75, 3.05) is 18.9 Å². The molecule has 1 saturated heterocycles. The zero-order valence-corrected chi connectivity index (χ0v) is 10.3. The molecule has 0 aliphatic carbocycles. The molecule has 2 rings (SSSR count). The van der Waals surface area contributed by atoms with Crippen LogP contribution in [0.2, 0.25) is 0 Å². The van der Waals surface area contributed by atoms with E-state index in [1.807, 2.05) is 13.1 Å². The molecular weight excluding hydrogens is 216 g/mol. The molecule has 0 aromatic carbocycles. The van der Waals surface area contributed by atoms with Crippen LogP contribution in [0, 0.1) is 0 Å². The van der Waals surface area contributed by atoms with Crippen molar-refractivity contribution in [1.82, 2.24) is 14.9 Å². The maximum Gasteiger partial charge on any atom is 0.244 e. The van der Waals surface area contributed by atoms with Crippen molar-refractivity contribution < 1.29 is 4.79 Å². The van der Waals surface area contributed by atoms with Crippen molar-refractivity contribution in [2.24, 2.45) is 0 Å². The minimum atomic E-state index is -0.135. The average Bonchev–Trinajstić information content (AvgIpc) is 2.62. The molecule has 0 spiro atoms. The molecule has 1 N–H and O–H groups in total. The molecule has 1 aliphatic heterocycles. The van der Waals surface area contributed by atoms with Gasteiger partial charge in [0.2, 0.25) is 5.91 Å². The molecule has 1 atom stereocenters. The lowest BCUT2D eigenvalue weighted by molar-refractivity contribution is -0.127. The minimum Gasteiger partial charge on any atom is -0.358 e. The summed E-state index contributed by atoms with van der Waals surface area (Å²) >= 11 is 0. The van der Waals surface area contributed by atoms with Gasteiger partial charge in [-0.25, -0.2) is 9.97 Å². The molecule has 2 heterocycles. The Kier molecular flexibility index (Phi) is 3.56. The summed E-state index contributed by atoms with van der Waals surface area (Å²) in [6.07, 6.45) is 4.39. The number of rotatable bonds is 4. The van der Waals surface area contributed by atoms with Crippen LogP contribution in [0.25, 0.3) is 0 Å². The van der Waals surface area contributed by atoms with Gasteiger partial charge in [-0.2, -0.15) is 0 Å². The van der Waals surface area contributed by atoms with Crippen LogP contribution in [0.1, 0.15) is 25.5 Å². The van der Waals surface area contributed by atoms with Crippen LogP contribution in [0.3, 0.4) is 0 Å². The molecule has 0 radical (unpaired) electrons. The number of carbonyl (C=O) groups excluding carboxylic acids is 1. The lowest BCUT2D eigenvalue weighted by atomic mass is 10.2. The smallest absolute Gasteiger partial charge is 0.244 e. The highest BCUT2D eigenvalue weighted by Crippen LogP contribution is 2.14. The quantitative estimate of drug-likeness (QED) is 0.846. The van der Waals surface area contributed by atoms with Gasteiger partial charge in [-0.1, -0.05) is 13.3 Å². The summed E-state index contributed by atoms with van der Waals surface area (Å²) in [7, 11) is 1.83. The molecular formula is C12H18N4O. The zero-order chi connectivity index (χ0) is 12.3. The number of anilines is 1. The number of nitrogens with zero attached hydrogens (tertiary/aromatic N) is 3. The fraction of sp³-hybridized carbons (Fsp3) is 0.583. The van der Waals surface area contributed by atoms with Gasteiger partial charge < -0.3 is 10.2 Å². The molecule has 0 bridgehead atoms. The largest absolute Gasteiger partial charge is 0.358 e. The van der Waals surface area contributed by atoms with Gasteiger partial charge in [0.1, 0.15) is 18.2 Å². The number of carbonyl (C=O) groups is 1. The minimum absolute atomic E-state index is 0.135. The maximum atomic E-state index is 11.7. The van der Waals surface area contributed by atoms with Crippen LogP contribution in [0.4, 0.5) is 5.82 Å². The van der Waals surface area contributed by atoms with E-state index in [4.69, 9.17) is 0 Å².